The molecule has 2 aromatic carbocycles. The third-order valence-electron chi connectivity index (χ3n) is 5.24. The van der Waals surface area contributed by atoms with Crippen molar-refractivity contribution in [2.45, 2.75) is 25.9 Å². The maximum Gasteiger partial charge on any atom is 0.315 e. The van der Waals surface area contributed by atoms with Gasteiger partial charge in [0, 0.05) is 43.5 Å². The number of carbonyl (C=O) groups excluding carboxylic acids is 2. The Morgan fingerprint density at radius 3 is 2.73 bits per heavy atom. The Morgan fingerprint density at radius 2 is 1.93 bits per heavy atom. The van der Waals surface area contributed by atoms with Crippen molar-refractivity contribution in [3.8, 4) is 5.75 Å². The number of nitrogens with one attached hydrogen (secondary N) is 2. The second-order valence-corrected chi connectivity index (χ2v) is 7.30. The molecule has 1 aliphatic rings. The van der Waals surface area contributed by atoms with Crippen LogP contribution in [0.25, 0.3) is 10.9 Å². The van der Waals surface area contributed by atoms with Gasteiger partial charge >= 0.3 is 6.03 Å². The summed E-state index contributed by atoms with van der Waals surface area (Å²) in [6.07, 6.45) is 2.32. The summed E-state index contributed by atoms with van der Waals surface area (Å²) in [5, 5.41) is 6.98. The highest BCUT2D eigenvalue weighted by atomic mass is 16.5. The lowest BCUT2D eigenvalue weighted by Crippen LogP contribution is -2.44. The Hall–Kier alpha value is -3.48. The second kappa shape index (κ2) is 8.90. The third-order valence-corrected chi connectivity index (χ3v) is 5.24. The number of urea groups is 1. The van der Waals surface area contributed by atoms with E-state index >= 15 is 0 Å². The van der Waals surface area contributed by atoms with Crippen LogP contribution in [0.4, 0.5) is 10.5 Å². The monoisotopic (exact) mass is 406 g/mol. The Morgan fingerprint density at radius 1 is 1.13 bits per heavy atom. The lowest BCUT2D eigenvalue weighted by atomic mass is 10.2. The molecule has 1 aromatic heterocycles. The van der Waals surface area contributed by atoms with Crippen molar-refractivity contribution in [2.24, 2.45) is 0 Å². The van der Waals surface area contributed by atoms with Gasteiger partial charge in [-0.15, -0.1) is 0 Å². The van der Waals surface area contributed by atoms with Crippen molar-refractivity contribution < 1.29 is 14.3 Å². The van der Waals surface area contributed by atoms with E-state index in [4.69, 9.17) is 4.74 Å². The van der Waals surface area contributed by atoms with Gasteiger partial charge in [0.2, 0.25) is 5.91 Å². The molecule has 156 valence electrons. The van der Waals surface area contributed by atoms with Crippen LogP contribution in [0.15, 0.2) is 60.8 Å². The predicted molar refractivity (Wildman–Crippen MR) is 117 cm³/mol. The molecule has 0 spiro atoms. The molecule has 1 atom stereocenters. The standard InChI is InChI=1S/C23H26N4O3/c1-2-30-20-9-7-19(8-10-20)27-16-18(15-22(27)28)25-23(29)24-12-14-26-13-11-17-5-3-4-6-21(17)26/h3-11,13,18H,2,12,14-16H2,1H3,(H2,24,25,29)/t18-/m1/s1. The van der Waals surface area contributed by atoms with Crippen LogP contribution in [0.2, 0.25) is 0 Å². The Kier molecular flexibility index (Phi) is 5.88. The maximum absolute atomic E-state index is 12.4. The smallest absolute Gasteiger partial charge is 0.315 e. The van der Waals surface area contributed by atoms with Crippen molar-refractivity contribution in [1.82, 2.24) is 15.2 Å². The number of ether oxygens (including phenoxy) is 1. The fourth-order valence-electron chi connectivity index (χ4n) is 3.80. The van der Waals surface area contributed by atoms with Crippen molar-refractivity contribution in [1.29, 1.82) is 0 Å². The second-order valence-electron chi connectivity index (χ2n) is 7.30. The summed E-state index contributed by atoms with van der Waals surface area (Å²) in [4.78, 5) is 26.4. The number of benzene rings is 2. The molecule has 0 saturated carbocycles. The van der Waals surface area contributed by atoms with Crippen LogP contribution < -0.4 is 20.3 Å². The number of para-hydroxylation sites is 1. The van der Waals surface area contributed by atoms with Crippen molar-refractivity contribution >= 4 is 28.5 Å². The van der Waals surface area contributed by atoms with Gasteiger partial charge in [0.25, 0.3) is 0 Å². The molecule has 4 rings (SSSR count). The molecule has 3 aromatic rings. The van der Waals surface area contributed by atoms with E-state index in [1.165, 1.54) is 5.39 Å². The molecule has 7 nitrogen and oxygen atoms in total. The maximum atomic E-state index is 12.4. The highest BCUT2D eigenvalue weighted by Crippen LogP contribution is 2.24. The van der Waals surface area contributed by atoms with Crippen LogP contribution in [0.3, 0.4) is 0 Å². The molecular formula is C23H26N4O3. The summed E-state index contributed by atoms with van der Waals surface area (Å²) < 4.78 is 7.56. The first-order valence-electron chi connectivity index (χ1n) is 10.3. The molecule has 1 aliphatic heterocycles. The summed E-state index contributed by atoms with van der Waals surface area (Å²) in [5.41, 5.74) is 1.96. The van der Waals surface area contributed by atoms with Gasteiger partial charge < -0.3 is 24.8 Å². The first-order valence-corrected chi connectivity index (χ1v) is 10.3. The first kappa shape index (κ1) is 19.8. The summed E-state index contributed by atoms with van der Waals surface area (Å²) in [6, 6.07) is 17.2. The quantitative estimate of drug-likeness (QED) is 0.633. The number of rotatable bonds is 7. The van der Waals surface area contributed by atoms with E-state index in [0.29, 0.717) is 32.7 Å². The highest BCUT2D eigenvalue weighted by molar-refractivity contribution is 5.96. The number of hydrogen-bond donors (Lipinski definition) is 2. The molecule has 0 radical (unpaired) electrons. The largest absolute Gasteiger partial charge is 0.494 e. The van der Waals surface area contributed by atoms with Crippen LogP contribution in [0.5, 0.6) is 5.75 Å². The number of hydrogen-bond acceptors (Lipinski definition) is 3. The van der Waals surface area contributed by atoms with Crippen LogP contribution in [-0.2, 0) is 11.3 Å². The van der Waals surface area contributed by atoms with Crippen LogP contribution >= 0.6 is 0 Å². The molecule has 0 unspecified atom stereocenters. The topological polar surface area (TPSA) is 75.6 Å². The van der Waals surface area contributed by atoms with E-state index in [1.54, 1.807) is 4.90 Å². The summed E-state index contributed by atoms with van der Waals surface area (Å²) in [7, 11) is 0. The zero-order chi connectivity index (χ0) is 20.9. The van der Waals surface area contributed by atoms with Crippen LogP contribution in [-0.4, -0.2) is 42.2 Å². The van der Waals surface area contributed by atoms with Crippen molar-refractivity contribution in [3.05, 3.63) is 60.8 Å². The highest BCUT2D eigenvalue weighted by Gasteiger charge is 2.31. The van der Waals surface area contributed by atoms with E-state index in [2.05, 4.69) is 33.4 Å². The van der Waals surface area contributed by atoms with E-state index in [0.717, 1.165) is 17.0 Å². The van der Waals surface area contributed by atoms with Crippen LogP contribution in [0, 0.1) is 0 Å². The van der Waals surface area contributed by atoms with Gasteiger partial charge in [0.15, 0.2) is 0 Å². The summed E-state index contributed by atoms with van der Waals surface area (Å²) in [6.45, 7) is 4.18. The Balaban J connectivity index is 1.26. The minimum Gasteiger partial charge on any atom is -0.494 e. The van der Waals surface area contributed by atoms with E-state index in [1.807, 2.05) is 49.5 Å². The van der Waals surface area contributed by atoms with Gasteiger partial charge in [0.1, 0.15) is 5.75 Å². The van der Waals surface area contributed by atoms with Crippen LogP contribution in [0.1, 0.15) is 13.3 Å². The summed E-state index contributed by atoms with van der Waals surface area (Å²) >= 11 is 0. The minimum atomic E-state index is -0.252. The van der Waals surface area contributed by atoms with Gasteiger partial charge in [-0.25, -0.2) is 4.79 Å². The van der Waals surface area contributed by atoms with Gasteiger partial charge in [-0.2, -0.15) is 0 Å². The molecule has 7 heteroatoms. The van der Waals surface area contributed by atoms with Gasteiger partial charge in [0.05, 0.1) is 12.6 Å². The number of carbonyl (C=O) groups is 2. The third kappa shape index (κ3) is 4.40. The number of aromatic nitrogens is 1. The zero-order valence-electron chi connectivity index (χ0n) is 17.0. The van der Waals surface area contributed by atoms with Gasteiger partial charge in [-0.3, -0.25) is 4.79 Å². The Labute approximate surface area is 175 Å². The molecule has 0 aliphatic carbocycles. The number of nitrogens with zero attached hydrogens (tertiary/aromatic N) is 2. The van der Waals surface area contributed by atoms with E-state index in [-0.39, 0.29) is 18.0 Å². The molecule has 1 saturated heterocycles. The summed E-state index contributed by atoms with van der Waals surface area (Å²) in [5.74, 6) is 0.778. The van der Waals surface area contributed by atoms with Crippen molar-refractivity contribution in [3.63, 3.8) is 0 Å². The lowest BCUT2D eigenvalue weighted by molar-refractivity contribution is -0.117. The molecular weight excluding hydrogens is 380 g/mol. The average Bonchev–Trinajstić information content (AvgIpc) is 3.32. The fourth-order valence-corrected chi connectivity index (χ4v) is 3.80. The lowest BCUT2D eigenvalue weighted by Gasteiger charge is -2.18. The number of anilines is 1. The van der Waals surface area contributed by atoms with Crippen molar-refractivity contribution in [2.75, 3.05) is 24.6 Å². The molecule has 2 heterocycles. The first-order chi connectivity index (χ1) is 14.6. The minimum absolute atomic E-state index is 0.00303. The predicted octanol–water partition coefficient (Wildman–Crippen LogP) is 3.14. The average molecular weight is 406 g/mol. The van der Waals surface area contributed by atoms with Gasteiger partial charge in [-0.05, 0) is 48.7 Å². The zero-order valence-corrected chi connectivity index (χ0v) is 17.0. The fraction of sp³-hybridized carbons (Fsp3) is 0.304. The van der Waals surface area contributed by atoms with E-state index in [9.17, 15) is 9.59 Å². The molecule has 2 N–H and O–H groups in total. The molecule has 1 fully saturated rings. The molecule has 3 amide bonds. The number of fused-ring (bicyclic) bond motifs is 1. The molecule has 0 bridgehead atoms. The molecule has 30 heavy (non-hydrogen) atoms. The van der Waals surface area contributed by atoms with E-state index < -0.39 is 0 Å². The Bertz CT molecular complexity index is 1030. The normalized spacial score (nSPS) is 16.1. The number of amides is 3. The van der Waals surface area contributed by atoms with Gasteiger partial charge in [-0.1, -0.05) is 18.2 Å². The SMILES string of the molecule is CCOc1ccc(N2C[C@H](NC(=O)NCCn3ccc4ccccc43)CC2=O)cc1.